The molecule has 0 saturated heterocycles. The molecule has 2 aromatic rings. The third kappa shape index (κ3) is 2.56. The number of aryl methyl sites for hydroxylation is 1. The molecule has 86 valence electrons. The maximum absolute atomic E-state index is 3.76. The summed E-state index contributed by atoms with van der Waals surface area (Å²) in [6.07, 6.45) is 1.86. The fourth-order valence-electron chi connectivity index (χ4n) is 1.75. The van der Waals surface area contributed by atoms with Crippen molar-refractivity contribution < 1.29 is 0 Å². The van der Waals surface area contributed by atoms with Crippen LogP contribution >= 0.6 is 0 Å². The lowest BCUT2D eigenvalue weighted by atomic mass is 10.1. The van der Waals surface area contributed by atoms with Crippen molar-refractivity contribution in [1.29, 1.82) is 0 Å². The highest BCUT2D eigenvalue weighted by molar-refractivity contribution is 5.64. The normalized spacial score (nSPS) is 10.0. The molecule has 0 radical (unpaired) electrons. The van der Waals surface area contributed by atoms with Crippen LogP contribution in [-0.2, 0) is 0 Å². The van der Waals surface area contributed by atoms with Gasteiger partial charge in [0.2, 0.25) is 0 Å². The van der Waals surface area contributed by atoms with Crippen molar-refractivity contribution in [2.24, 2.45) is 0 Å². The van der Waals surface area contributed by atoms with E-state index in [-0.39, 0.29) is 0 Å². The van der Waals surface area contributed by atoms with Gasteiger partial charge in [0.05, 0.1) is 0 Å². The summed E-state index contributed by atoms with van der Waals surface area (Å²) in [5, 5.41) is 0. The molecule has 0 fully saturated rings. The molecule has 0 aliphatic carbocycles. The van der Waals surface area contributed by atoms with Crippen LogP contribution in [0.2, 0.25) is 0 Å². The molecular weight excluding hydrogens is 206 g/mol. The zero-order chi connectivity index (χ0) is 12.3. The minimum Gasteiger partial charge on any atom is -0.345 e. The molecule has 1 heteroatoms. The van der Waals surface area contributed by atoms with Crippen LogP contribution in [0.1, 0.15) is 11.1 Å². The zero-order valence-corrected chi connectivity index (χ0v) is 10.4. The summed E-state index contributed by atoms with van der Waals surface area (Å²) in [7, 11) is 2.08. The maximum Gasteiger partial charge on any atom is 0.0408 e. The summed E-state index contributed by atoms with van der Waals surface area (Å²) < 4.78 is 0. The standard InChI is InChI=1S/C16H17N/c1-4-14-7-11-16(12-8-14)17(3)15-9-5-13(2)6-10-15/h4-12H,1H2,2-3H3. The summed E-state index contributed by atoms with van der Waals surface area (Å²) in [4.78, 5) is 2.17. The van der Waals surface area contributed by atoms with Gasteiger partial charge in [0, 0.05) is 18.4 Å². The number of benzene rings is 2. The van der Waals surface area contributed by atoms with Crippen molar-refractivity contribution in [2.45, 2.75) is 6.92 Å². The fraction of sp³-hybridized carbons (Fsp3) is 0.125. The predicted molar refractivity (Wildman–Crippen MR) is 75.8 cm³/mol. The molecule has 2 aromatic carbocycles. The molecule has 0 saturated carbocycles. The molecule has 0 amide bonds. The molecule has 0 bridgehead atoms. The molecule has 0 spiro atoms. The number of hydrogen-bond donors (Lipinski definition) is 0. The van der Waals surface area contributed by atoms with Crippen LogP contribution in [0.4, 0.5) is 11.4 Å². The van der Waals surface area contributed by atoms with Gasteiger partial charge in [-0.25, -0.2) is 0 Å². The Morgan fingerprint density at radius 1 is 0.882 bits per heavy atom. The van der Waals surface area contributed by atoms with E-state index in [0.29, 0.717) is 0 Å². The van der Waals surface area contributed by atoms with Gasteiger partial charge in [-0.05, 0) is 36.8 Å². The van der Waals surface area contributed by atoms with Gasteiger partial charge in [0.15, 0.2) is 0 Å². The van der Waals surface area contributed by atoms with E-state index in [1.54, 1.807) is 0 Å². The highest BCUT2D eigenvalue weighted by atomic mass is 15.1. The maximum atomic E-state index is 3.76. The first-order chi connectivity index (χ1) is 8.20. The molecule has 0 atom stereocenters. The molecule has 17 heavy (non-hydrogen) atoms. The third-order valence-corrected chi connectivity index (χ3v) is 2.94. The Labute approximate surface area is 103 Å². The van der Waals surface area contributed by atoms with Crippen molar-refractivity contribution >= 4 is 17.5 Å². The van der Waals surface area contributed by atoms with Crippen LogP contribution in [0.5, 0.6) is 0 Å². The second kappa shape index (κ2) is 4.88. The van der Waals surface area contributed by atoms with Crippen LogP contribution in [-0.4, -0.2) is 7.05 Å². The van der Waals surface area contributed by atoms with Crippen molar-refractivity contribution in [1.82, 2.24) is 0 Å². The third-order valence-electron chi connectivity index (χ3n) is 2.94. The Morgan fingerprint density at radius 2 is 1.35 bits per heavy atom. The molecule has 0 aliphatic heterocycles. The van der Waals surface area contributed by atoms with E-state index < -0.39 is 0 Å². The fourth-order valence-corrected chi connectivity index (χ4v) is 1.75. The summed E-state index contributed by atoms with van der Waals surface area (Å²) in [6.45, 7) is 5.86. The van der Waals surface area contributed by atoms with Crippen LogP contribution in [0.15, 0.2) is 55.1 Å². The molecule has 0 aliphatic rings. The minimum absolute atomic E-state index is 1.14. The van der Waals surface area contributed by atoms with E-state index >= 15 is 0 Å². The van der Waals surface area contributed by atoms with E-state index in [1.807, 2.05) is 6.08 Å². The van der Waals surface area contributed by atoms with Gasteiger partial charge in [-0.1, -0.05) is 42.5 Å². The van der Waals surface area contributed by atoms with Gasteiger partial charge >= 0.3 is 0 Å². The molecule has 0 aromatic heterocycles. The highest BCUT2D eigenvalue weighted by Gasteiger charge is 2.02. The van der Waals surface area contributed by atoms with Crippen LogP contribution in [0.3, 0.4) is 0 Å². The second-order valence-electron chi connectivity index (χ2n) is 4.19. The first kappa shape index (κ1) is 11.5. The van der Waals surface area contributed by atoms with Crippen molar-refractivity contribution in [2.75, 3.05) is 11.9 Å². The van der Waals surface area contributed by atoms with Gasteiger partial charge in [-0.15, -0.1) is 0 Å². The van der Waals surface area contributed by atoms with E-state index in [1.165, 1.54) is 16.9 Å². The molecule has 2 rings (SSSR count). The Bertz CT molecular complexity index is 494. The van der Waals surface area contributed by atoms with Gasteiger partial charge in [-0.2, -0.15) is 0 Å². The first-order valence-corrected chi connectivity index (χ1v) is 5.73. The Kier molecular flexibility index (Phi) is 3.29. The SMILES string of the molecule is C=Cc1ccc(N(C)c2ccc(C)cc2)cc1. The van der Waals surface area contributed by atoms with E-state index in [2.05, 4.69) is 74.0 Å². The van der Waals surface area contributed by atoms with Crippen molar-refractivity contribution in [3.63, 3.8) is 0 Å². The molecule has 1 nitrogen and oxygen atoms in total. The average Bonchev–Trinajstić information content (AvgIpc) is 2.39. The largest absolute Gasteiger partial charge is 0.345 e. The number of rotatable bonds is 3. The number of anilines is 2. The number of hydrogen-bond acceptors (Lipinski definition) is 1. The molecule has 0 heterocycles. The van der Waals surface area contributed by atoms with Gasteiger partial charge in [0.1, 0.15) is 0 Å². The van der Waals surface area contributed by atoms with E-state index in [0.717, 1.165) is 5.56 Å². The van der Waals surface area contributed by atoms with E-state index in [4.69, 9.17) is 0 Å². The summed E-state index contributed by atoms with van der Waals surface area (Å²) in [5.74, 6) is 0. The molecule has 0 unspecified atom stereocenters. The lowest BCUT2D eigenvalue weighted by molar-refractivity contribution is 1.20. The summed E-state index contributed by atoms with van der Waals surface area (Å²) in [6, 6.07) is 16.9. The molecule has 0 N–H and O–H groups in total. The lowest BCUT2D eigenvalue weighted by Crippen LogP contribution is -2.08. The van der Waals surface area contributed by atoms with Crippen molar-refractivity contribution in [3.8, 4) is 0 Å². The minimum atomic E-state index is 1.14. The van der Waals surface area contributed by atoms with E-state index in [9.17, 15) is 0 Å². The first-order valence-electron chi connectivity index (χ1n) is 5.73. The van der Waals surface area contributed by atoms with Crippen molar-refractivity contribution in [3.05, 3.63) is 66.2 Å². The highest BCUT2D eigenvalue weighted by Crippen LogP contribution is 2.24. The topological polar surface area (TPSA) is 3.24 Å². The number of nitrogens with zero attached hydrogens (tertiary/aromatic N) is 1. The Balaban J connectivity index is 2.26. The summed E-state index contributed by atoms with van der Waals surface area (Å²) in [5.41, 5.74) is 4.80. The predicted octanol–water partition coefficient (Wildman–Crippen LogP) is 4.41. The lowest BCUT2D eigenvalue weighted by Gasteiger charge is -2.19. The summed E-state index contributed by atoms with van der Waals surface area (Å²) >= 11 is 0. The average molecular weight is 223 g/mol. The van der Waals surface area contributed by atoms with Crippen LogP contribution in [0.25, 0.3) is 6.08 Å². The quantitative estimate of drug-likeness (QED) is 0.745. The molecular formula is C16H17N. The zero-order valence-electron chi connectivity index (χ0n) is 10.4. The monoisotopic (exact) mass is 223 g/mol. The van der Waals surface area contributed by atoms with Gasteiger partial charge in [-0.3, -0.25) is 0 Å². The van der Waals surface area contributed by atoms with Gasteiger partial charge in [0.25, 0.3) is 0 Å². The Hall–Kier alpha value is -2.02. The Morgan fingerprint density at radius 3 is 1.82 bits per heavy atom. The van der Waals surface area contributed by atoms with Gasteiger partial charge < -0.3 is 4.90 Å². The second-order valence-corrected chi connectivity index (χ2v) is 4.19. The van der Waals surface area contributed by atoms with Crippen LogP contribution in [0, 0.1) is 6.92 Å². The smallest absolute Gasteiger partial charge is 0.0408 e. The van der Waals surface area contributed by atoms with Crippen LogP contribution < -0.4 is 4.90 Å².